The van der Waals surface area contributed by atoms with E-state index in [0.717, 1.165) is 26.2 Å². The molecule has 0 atom stereocenters. The topological polar surface area (TPSA) is 24.5 Å². The molecule has 2 rings (SSSR count). The first kappa shape index (κ1) is 16.3. The van der Waals surface area contributed by atoms with Gasteiger partial charge in [-0.15, -0.1) is 0 Å². The third-order valence-corrected chi connectivity index (χ3v) is 3.94. The minimum atomic E-state index is 0.686. The van der Waals surface area contributed by atoms with Crippen LogP contribution in [-0.4, -0.2) is 32.8 Å². The minimum Gasteiger partial charge on any atom is -0.383 e. The average Bonchev–Trinajstić information content (AvgIpc) is 3.25. The molecule has 1 N–H and O–H groups in total. The molecular formula is C18H30N2O. The molecule has 1 aromatic carbocycles. The van der Waals surface area contributed by atoms with Gasteiger partial charge in [-0.25, -0.2) is 0 Å². The van der Waals surface area contributed by atoms with Gasteiger partial charge in [0.05, 0.1) is 6.61 Å². The minimum absolute atomic E-state index is 0.686. The molecule has 1 saturated carbocycles. The zero-order chi connectivity index (χ0) is 15.2. The fourth-order valence-electron chi connectivity index (χ4n) is 2.71. The first-order valence-corrected chi connectivity index (χ1v) is 8.17. The van der Waals surface area contributed by atoms with Crippen molar-refractivity contribution in [3.8, 4) is 0 Å². The van der Waals surface area contributed by atoms with E-state index >= 15 is 0 Å². The Labute approximate surface area is 129 Å². The normalized spacial score (nSPS) is 14.7. The monoisotopic (exact) mass is 290 g/mol. The number of nitrogens with zero attached hydrogens (tertiary/aromatic N) is 1. The van der Waals surface area contributed by atoms with E-state index in [4.69, 9.17) is 4.74 Å². The summed E-state index contributed by atoms with van der Waals surface area (Å²) in [5.41, 5.74) is 4.14. The highest BCUT2D eigenvalue weighted by atomic mass is 16.5. The molecule has 21 heavy (non-hydrogen) atoms. The molecule has 0 unspecified atom stereocenters. The Balaban J connectivity index is 2.11. The summed E-state index contributed by atoms with van der Waals surface area (Å²) in [6.45, 7) is 10.5. The molecular weight excluding hydrogens is 260 g/mol. The molecule has 0 heterocycles. The predicted molar refractivity (Wildman–Crippen MR) is 90.0 cm³/mol. The zero-order valence-corrected chi connectivity index (χ0v) is 14.0. The first-order valence-electron chi connectivity index (χ1n) is 8.17. The van der Waals surface area contributed by atoms with Crippen molar-refractivity contribution in [2.24, 2.45) is 5.92 Å². The fraction of sp³-hybridized carbons (Fsp3) is 0.667. The summed E-state index contributed by atoms with van der Waals surface area (Å²) < 4.78 is 5.29. The van der Waals surface area contributed by atoms with E-state index in [2.05, 4.69) is 49.2 Å². The number of hydrogen-bond donors (Lipinski definition) is 1. The lowest BCUT2D eigenvalue weighted by Crippen LogP contribution is -2.31. The van der Waals surface area contributed by atoms with Gasteiger partial charge in [0.2, 0.25) is 0 Å². The van der Waals surface area contributed by atoms with Crippen molar-refractivity contribution in [2.45, 2.75) is 46.2 Å². The summed E-state index contributed by atoms with van der Waals surface area (Å²) >= 11 is 0. The van der Waals surface area contributed by atoms with E-state index < -0.39 is 0 Å². The Morgan fingerprint density at radius 1 is 1.33 bits per heavy atom. The molecule has 118 valence electrons. The van der Waals surface area contributed by atoms with Crippen LogP contribution in [0, 0.1) is 12.8 Å². The first-order chi connectivity index (χ1) is 10.1. The third-order valence-electron chi connectivity index (χ3n) is 3.94. The van der Waals surface area contributed by atoms with Crippen LogP contribution in [0.1, 0.15) is 37.8 Å². The number of rotatable bonds is 9. The van der Waals surface area contributed by atoms with E-state index in [-0.39, 0.29) is 0 Å². The Hall–Kier alpha value is -1.06. The van der Waals surface area contributed by atoms with Gasteiger partial charge in [-0.3, -0.25) is 0 Å². The smallest absolute Gasteiger partial charge is 0.0637 e. The fourth-order valence-corrected chi connectivity index (χ4v) is 2.71. The van der Waals surface area contributed by atoms with Crippen molar-refractivity contribution in [3.05, 3.63) is 29.3 Å². The van der Waals surface area contributed by atoms with E-state index in [1.807, 2.05) is 0 Å². The van der Waals surface area contributed by atoms with Crippen molar-refractivity contribution < 1.29 is 4.74 Å². The van der Waals surface area contributed by atoms with Gasteiger partial charge in [0.15, 0.2) is 0 Å². The highest BCUT2D eigenvalue weighted by Crippen LogP contribution is 2.33. The number of anilines is 1. The van der Waals surface area contributed by atoms with Gasteiger partial charge >= 0.3 is 0 Å². The molecule has 3 nitrogen and oxygen atoms in total. The van der Waals surface area contributed by atoms with Crippen molar-refractivity contribution in [2.75, 3.05) is 31.7 Å². The number of hydrogen-bond acceptors (Lipinski definition) is 3. The summed E-state index contributed by atoms with van der Waals surface area (Å²) in [5.74, 6) is 0.686. The summed E-state index contributed by atoms with van der Waals surface area (Å²) in [6.07, 6.45) is 2.63. The highest BCUT2D eigenvalue weighted by Gasteiger charge is 2.30. The number of ether oxygens (including phenoxy) is 1. The molecule has 1 aliphatic carbocycles. The molecule has 0 radical (unpaired) electrons. The van der Waals surface area contributed by atoms with Crippen molar-refractivity contribution in [1.29, 1.82) is 0 Å². The van der Waals surface area contributed by atoms with Crippen molar-refractivity contribution in [3.63, 3.8) is 0 Å². The molecule has 0 spiro atoms. The Kier molecular flexibility index (Phi) is 6.07. The summed E-state index contributed by atoms with van der Waals surface area (Å²) in [7, 11) is 1.78. The second kappa shape index (κ2) is 7.81. The van der Waals surface area contributed by atoms with Crippen LogP contribution in [0.3, 0.4) is 0 Å². The van der Waals surface area contributed by atoms with Gasteiger partial charge in [0, 0.05) is 31.9 Å². The maximum absolute atomic E-state index is 5.29. The van der Waals surface area contributed by atoms with Gasteiger partial charge in [-0.2, -0.15) is 0 Å². The lowest BCUT2D eigenvalue weighted by molar-refractivity contribution is 0.205. The Bertz CT molecular complexity index is 441. The van der Waals surface area contributed by atoms with Crippen molar-refractivity contribution in [1.82, 2.24) is 5.32 Å². The number of aryl methyl sites for hydroxylation is 1. The van der Waals surface area contributed by atoms with E-state index in [0.29, 0.717) is 12.0 Å². The van der Waals surface area contributed by atoms with Crippen LogP contribution < -0.4 is 10.2 Å². The molecule has 0 aliphatic heterocycles. The van der Waals surface area contributed by atoms with Gasteiger partial charge in [0.25, 0.3) is 0 Å². The molecule has 3 heteroatoms. The van der Waals surface area contributed by atoms with Gasteiger partial charge in [-0.05, 0) is 43.9 Å². The van der Waals surface area contributed by atoms with Gasteiger partial charge in [0.1, 0.15) is 0 Å². The van der Waals surface area contributed by atoms with Crippen LogP contribution in [0.15, 0.2) is 18.2 Å². The quantitative estimate of drug-likeness (QED) is 0.755. The SMILES string of the molecule is COCCN(c1ccc(C)cc1CNCC(C)C)C1CC1. The summed E-state index contributed by atoms with van der Waals surface area (Å²) in [5, 5.41) is 3.58. The largest absolute Gasteiger partial charge is 0.383 e. The van der Waals surface area contributed by atoms with Crippen LogP contribution in [-0.2, 0) is 11.3 Å². The van der Waals surface area contributed by atoms with E-state index in [1.165, 1.54) is 29.7 Å². The Morgan fingerprint density at radius 2 is 2.10 bits per heavy atom. The predicted octanol–water partition coefficient (Wildman–Crippen LogP) is 3.36. The van der Waals surface area contributed by atoms with E-state index in [9.17, 15) is 0 Å². The zero-order valence-electron chi connectivity index (χ0n) is 14.0. The Morgan fingerprint density at radius 3 is 2.71 bits per heavy atom. The molecule has 1 aromatic rings. The lowest BCUT2D eigenvalue weighted by atomic mass is 10.1. The van der Waals surface area contributed by atoms with Gasteiger partial charge < -0.3 is 15.0 Å². The number of methoxy groups -OCH3 is 1. The van der Waals surface area contributed by atoms with Crippen LogP contribution in [0.5, 0.6) is 0 Å². The summed E-state index contributed by atoms with van der Waals surface area (Å²) in [6, 6.07) is 7.55. The van der Waals surface area contributed by atoms with Gasteiger partial charge in [-0.1, -0.05) is 31.5 Å². The van der Waals surface area contributed by atoms with Crippen molar-refractivity contribution >= 4 is 5.69 Å². The maximum atomic E-state index is 5.29. The van der Waals surface area contributed by atoms with Crippen LogP contribution in [0.2, 0.25) is 0 Å². The molecule has 0 saturated heterocycles. The summed E-state index contributed by atoms with van der Waals surface area (Å²) in [4.78, 5) is 2.54. The van der Waals surface area contributed by atoms with Crippen LogP contribution in [0.4, 0.5) is 5.69 Å². The van der Waals surface area contributed by atoms with Crippen LogP contribution >= 0.6 is 0 Å². The highest BCUT2D eigenvalue weighted by molar-refractivity contribution is 5.56. The average molecular weight is 290 g/mol. The lowest BCUT2D eigenvalue weighted by Gasteiger charge is -2.27. The molecule has 0 amide bonds. The number of benzene rings is 1. The maximum Gasteiger partial charge on any atom is 0.0637 e. The number of nitrogens with one attached hydrogen (secondary N) is 1. The second-order valence-electron chi connectivity index (χ2n) is 6.57. The second-order valence-corrected chi connectivity index (χ2v) is 6.57. The molecule has 1 fully saturated rings. The third kappa shape index (κ3) is 5.01. The van der Waals surface area contributed by atoms with E-state index in [1.54, 1.807) is 7.11 Å². The molecule has 0 aromatic heterocycles. The molecule has 1 aliphatic rings. The molecule has 0 bridgehead atoms. The standard InChI is InChI=1S/C18H30N2O/c1-14(2)12-19-13-16-11-15(3)5-8-18(16)20(9-10-21-4)17-6-7-17/h5,8,11,14,17,19H,6-7,9-10,12-13H2,1-4H3. The van der Waals surface area contributed by atoms with Crippen LogP contribution in [0.25, 0.3) is 0 Å².